The van der Waals surface area contributed by atoms with Crippen LogP contribution >= 0.6 is 15.9 Å². The van der Waals surface area contributed by atoms with Gasteiger partial charge in [-0.2, -0.15) is 13.2 Å². The Hall–Kier alpha value is -1.04. The van der Waals surface area contributed by atoms with Crippen LogP contribution in [-0.2, 0) is 16.4 Å². The lowest BCUT2D eigenvalue weighted by Crippen LogP contribution is -2.33. The van der Waals surface area contributed by atoms with E-state index in [4.69, 9.17) is 0 Å². The highest BCUT2D eigenvalue weighted by molar-refractivity contribution is 9.10. The first-order valence-corrected chi connectivity index (χ1v) is 6.67. The Bertz CT molecular complexity index is 505. The van der Waals surface area contributed by atoms with Crippen LogP contribution in [0.3, 0.4) is 0 Å². The summed E-state index contributed by atoms with van der Waals surface area (Å²) in [7, 11) is 0. The Morgan fingerprint density at radius 3 is 2.26 bits per heavy atom. The smallest absolute Gasteiger partial charge is 0.416 e. The molecule has 0 spiro atoms. The lowest BCUT2D eigenvalue weighted by atomic mass is 9.78. The molecule has 1 aromatic carbocycles. The third-order valence-electron chi connectivity index (χ3n) is 3.64. The standard InChI is InChI=1S/C13H12BrF3O2/c14-10-6-8(5-9(7-10)13(15,16)17)12(11(18)19)3-1-2-4-12/h5-7H,1-4H2,(H,18,19). The molecule has 2 nitrogen and oxygen atoms in total. The average Bonchev–Trinajstić information content (AvgIpc) is 2.77. The summed E-state index contributed by atoms with van der Waals surface area (Å²) in [5.74, 6) is -1.05. The summed E-state index contributed by atoms with van der Waals surface area (Å²) in [4.78, 5) is 11.5. The van der Waals surface area contributed by atoms with Gasteiger partial charge >= 0.3 is 12.1 Å². The van der Waals surface area contributed by atoms with Crippen molar-refractivity contribution in [3.63, 3.8) is 0 Å². The van der Waals surface area contributed by atoms with Gasteiger partial charge in [0.2, 0.25) is 0 Å². The number of alkyl halides is 3. The first kappa shape index (κ1) is 14.4. The molecule has 104 valence electrons. The monoisotopic (exact) mass is 336 g/mol. The molecule has 6 heteroatoms. The second-order valence-corrected chi connectivity index (χ2v) is 5.74. The largest absolute Gasteiger partial charge is 0.481 e. The number of carboxylic acid groups (broad SMARTS) is 1. The van der Waals surface area contributed by atoms with Crippen molar-refractivity contribution in [1.82, 2.24) is 0 Å². The van der Waals surface area contributed by atoms with Gasteiger partial charge in [-0.25, -0.2) is 0 Å². The van der Waals surface area contributed by atoms with Gasteiger partial charge in [0.15, 0.2) is 0 Å². The van der Waals surface area contributed by atoms with Crippen molar-refractivity contribution in [3.8, 4) is 0 Å². The highest BCUT2D eigenvalue weighted by atomic mass is 79.9. The summed E-state index contributed by atoms with van der Waals surface area (Å²) in [6, 6.07) is 3.41. The lowest BCUT2D eigenvalue weighted by molar-refractivity contribution is -0.144. The van der Waals surface area contributed by atoms with Gasteiger partial charge in [-0.05, 0) is 36.6 Å². The van der Waals surface area contributed by atoms with Gasteiger partial charge < -0.3 is 5.11 Å². The Balaban J connectivity index is 2.55. The van der Waals surface area contributed by atoms with Crippen molar-refractivity contribution >= 4 is 21.9 Å². The summed E-state index contributed by atoms with van der Waals surface area (Å²) in [5.41, 5.74) is -1.76. The predicted molar refractivity (Wildman–Crippen MR) is 66.9 cm³/mol. The minimum Gasteiger partial charge on any atom is -0.481 e. The number of rotatable bonds is 2. The highest BCUT2D eigenvalue weighted by Crippen LogP contribution is 2.44. The van der Waals surface area contributed by atoms with Crippen molar-refractivity contribution in [2.24, 2.45) is 0 Å². The van der Waals surface area contributed by atoms with Crippen molar-refractivity contribution in [3.05, 3.63) is 33.8 Å². The van der Waals surface area contributed by atoms with Crippen molar-refractivity contribution < 1.29 is 23.1 Å². The van der Waals surface area contributed by atoms with Crippen LogP contribution < -0.4 is 0 Å². The molecule has 1 aliphatic carbocycles. The van der Waals surface area contributed by atoms with Crippen LogP contribution in [0.5, 0.6) is 0 Å². The maximum Gasteiger partial charge on any atom is 0.416 e. The fourth-order valence-corrected chi connectivity index (χ4v) is 3.13. The van der Waals surface area contributed by atoms with E-state index in [9.17, 15) is 23.1 Å². The van der Waals surface area contributed by atoms with E-state index in [0.717, 1.165) is 25.0 Å². The van der Waals surface area contributed by atoms with Crippen LogP contribution in [-0.4, -0.2) is 11.1 Å². The maximum atomic E-state index is 12.8. The van der Waals surface area contributed by atoms with Crippen LogP contribution in [0.2, 0.25) is 0 Å². The summed E-state index contributed by atoms with van der Waals surface area (Å²) >= 11 is 3.03. The molecule has 0 bridgehead atoms. The molecule has 0 radical (unpaired) electrons. The summed E-state index contributed by atoms with van der Waals surface area (Å²) in [6.07, 6.45) is -2.26. The number of carboxylic acids is 1. The van der Waals surface area contributed by atoms with Crippen molar-refractivity contribution in [2.45, 2.75) is 37.3 Å². The normalized spacial score (nSPS) is 18.5. The molecule has 2 rings (SSSR count). The molecular weight excluding hydrogens is 325 g/mol. The van der Waals surface area contributed by atoms with Gasteiger partial charge in [-0.15, -0.1) is 0 Å². The first-order chi connectivity index (χ1) is 8.75. The molecule has 1 N–H and O–H groups in total. The minimum absolute atomic E-state index is 0.235. The third-order valence-corrected chi connectivity index (χ3v) is 4.10. The summed E-state index contributed by atoms with van der Waals surface area (Å²) in [5, 5.41) is 9.41. The van der Waals surface area contributed by atoms with E-state index >= 15 is 0 Å². The Morgan fingerprint density at radius 1 is 1.21 bits per heavy atom. The fourth-order valence-electron chi connectivity index (χ4n) is 2.63. The molecule has 19 heavy (non-hydrogen) atoms. The maximum absolute atomic E-state index is 12.8. The van der Waals surface area contributed by atoms with Crippen molar-refractivity contribution in [1.29, 1.82) is 0 Å². The third kappa shape index (κ3) is 2.63. The molecule has 0 saturated heterocycles. The number of benzene rings is 1. The SMILES string of the molecule is O=C(O)C1(c2cc(Br)cc(C(F)(F)F)c2)CCCC1. The number of aliphatic carboxylic acids is 1. The van der Waals surface area contributed by atoms with E-state index in [-0.39, 0.29) is 10.0 Å². The van der Waals surface area contributed by atoms with Crippen LogP contribution in [0.25, 0.3) is 0 Å². The topological polar surface area (TPSA) is 37.3 Å². The number of carbonyl (C=O) groups is 1. The zero-order valence-electron chi connectivity index (χ0n) is 9.93. The molecule has 1 aliphatic rings. The van der Waals surface area contributed by atoms with E-state index < -0.39 is 23.1 Å². The van der Waals surface area contributed by atoms with Crippen LogP contribution in [0.15, 0.2) is 22.7 Å². The molecule has 1 aromatic rings. The van der Waals surface area contributed by atoms with E-state index in [1.54, 1.807) is 0 Å². The average molecular weight is 337 g/mol. The lowest BCUT2D eigenvalue weighted by Gasteiger charge is -2.25. The zero-order chi connectivity index (χ0) is 14.3. The Labute approximate surface area is 116 Å². The second kappa shape index (κ2) is 4.81. The molecule has 0 heterocycles. The highest BCUT2D eigenvalue weighted by Gasteiger charge is 2.44. The molecular formula is C13H12BrF3O2. The summed E-state index contributed by atoms with van der Waals surface area (Å²) < 4.78 is 38.6. The zero-order valence-corrected chi connectivity index (χ0v) is 11.5. The Kier molecular flexibility index (Phi) is 3.64. The molecule has 0 aliphatic heterocycles. The van der Waals surface area contributed by atoms with Gasteiger partial charge in [0.1, 0.15) is 0 Å². The predicted octanol–water partition coefficient (Wildman–Crippen LogP) is 4.36. The number of hydrogen-bond donors (Lipinski definition) is 1. The molecule has 0 atom stereocenters. The quantitative estimate of drug-likeness (QED) is 0.870. The first-order valence-electron chi connectivity index (χ1n) is 5.87. The van der Waals surface area contributed by atoms with Gasteiger partial charge in [0.05, 0.1) is 11.0 Å². The number of hydrogen-bond acceptors (Lipinski definition) is 1. The van der Waals surface area contributed by atoms with Gasteiger partial charge in [-0.1, -0.05) is 28.8 Å². The van der Waals surface area contributed by atoms with E-state index in [2.05, 4.69) is 15.9 Å². The molecule has 0 aromatic heterocycles. The Morgan fingerprint density at radius 2 is 1.79 bits per heavy atom. The molecule has 1 fully saturated rings. The second-order valence-electron chi connectivity index (χ2n) is 4.82. The van der Waals surface area contributed by atoms with E-state index in [1.807, 2.05) is 0 Å². The van der Waals surface area contributed by atoms with Gasteiger partial charge in [0.25, 0.3) is 0 Å². The van der Waals surface area contributed by atoms with E-state index in [1.165, 1.54) is 6.07 Å². The fraction of sp³-hybridized carbons (Fsp3) is 0.462. The summed E-state index contributed by atoms with van der Waals surface area (Å²) in [6.45, 7) is 0. The van der Waals surface area contributed by atoms with Crippen molar-refractivity contribution in [2.75, 3.05) is 0 Å². The van der Waals surface area contributed by atoms with Gasteiger partial charge in [0, 0.05) is 4.47 Å². The molecule has 0 unspecified atom stereocenters. The molecule has 0 amide bonds. The van der Waals surface area contributed by atoms with Crippen LogP contribution in [0.1, 0.15) is 36.8 Å². The van der Waals surface area contributed by atoms with Crippen LogP contribution in [0, 0.1) is 0 Å². The van der Waals surface area contributed by atoms with Gasteiger partial charge in [-0.3, -0.25) is 4.79 Å². The van der Waals surface area contributed by atoms with E-state index in [0.29, 0.717) is 12.8 Å². The number of halogens is 4. The molecule has 1 saturated carbocycles. The minimum atomic E-state index is -4.48. The van der Waals surface area contributed by atoms with Crippen LogP contribution in [0.4, 0.5) is 13.2 Å².